The number of likely N-dealkylation sites (tertiary alicyclic amines) is 1. The predicted molar refractivity (Wildman–Crippen MR) is 128 cm³/mol. The Kier molecular flexibility index (Phi) is 6.57. The number of β-amino-alcohol motifs (C(OH)–C–C–N with tert-alkyl or cyclic N) is 1. The van der Waals surface area contributed by atoms with Gasteiger partial charge in [0.25, 0.3) is 5.91 Å². The van der Waals surface area contributed by atoms with Crippen LogP contribution in [0.2, 0.25) is 0 Å². The van der Waals surface area contributed by atoms with E-state index in [-0.39, 0.29) is 12.5 Å². The van der Waals surface area contributed by atoms with Gasteiger partial charge in [-0.15, -0.1) is 0 Å². The molecule has 2 aliphatic rings. The average molecular weight is 464 g/mol. The number of nitrogens with one attached hydrogen (secondary N) is 2. The second kappa shape index (κ2) is 9.92. The van der Waals surface area contributed by atoms with Crippen LogP contribution in [0.25, 0.3) is 10.9 Å². The molecule has 4 heterocycles. The molecule has 1 saturated heterocycles. The number of anilines is 1. The SMILES string of the molecule is COc1ccc2cccc([C@H](O)CN3CCC(NCc4ccc5c(n4)NC(=O)CO5)CC3)c2n1. The zero-order valence-electron chi connectivity index (χ0n) is 19.2. The number of rotatable bonds is 7. The van der Waals surface area contributed by atoms with E-state index in [1.165, 1.54) is 0 Å². The van der Waals surface area contributed by atoms with Gasteiger partial charge in [-0.2, -0.15) is 0 Å². The van der Waals surface area contributed by atoms with Crippen molar-refractivity contribution < 1.29 is 19.4 Å². The molecule has 1 atom stereocenters. The van der Waals surface area contributed by atoms with E-state index in [9.17, 15) is 9.90 Å². The summed E-state index contributed by atoms with van der Waals surface area (Å²) in [6, 6.07) is 13.8. The largest absolute Gasteiger partial charge is 0.481 e. The van der Waals surface area contributed by atoms with Crippen molar-refractivity contribution in [3.05, 3.63) is 53.7 Å². The Labute approximate surface area is 198 Å². The molecule has 0 radical (unpaired) electrons. The summed E-state index contributed by atoms with van der Waals surface area (Å²) in [6.45, 7) is 3.02. The molecule has 178 valence electrons. The molecule has 9 nitrogen and oxygen atoms in total. The van der Waals surface area contributed by atoms with E-state index < -0.39 is 6.10 Å². The molecular formula is C25H29N5O4. The summed E-state index contributed by atoms with van der Waals surface area (Å²) in [5.74, 6) is 1.45. The lowest BCUT2D eigenvalue weighted by molar-refractivity contribution is -0.118. The molecule has 3 aromatic rings. The summed E-state index contributed by atoms with van der Waals surface area (Å²) in [5, 5.41) is 18.3. The van der Waals surface area contributed by atoms with Gasteiger partial charge in [0.2, 0.25) is 5.88 Å². The minimum atomic E-state index is -0.620. The number of amides is 1. The van der Waals surface area contributed by atoms with Crippen LogP contribution in [-0.4, -0.2) is 65.3 Å². The predicted octanol–water partition coefficient (Wildman–Crippen LogP) is 2.26. The number of nitrogens with zero attached hydrogens (tertiary/aromatic N) is 3. The van der Waals surface area contributed by atoms with Crippen molar-refractivity contribution in [2.75, 3.05) is 38.7 Å². The summed E-state index contributed by atoms with van der Waals surface area (Å²) in [5.41, 5.74) is 2.47. The van der Waals surface area contributed by atoms with E-state index in [2.05, 4.69) is 25.5 Å². The minimum absolute atomic E-state index is 0.0325. The lowest BCUT2D eigenvalue weighted by atomic mass is 10.0. The molecule has 0 bridgehead atoms. The number of pyridine rings is 2. The van der Waals surface area contributed by atoms with E-state index in [4.69, 9.17) is 9.47 Å². The van der Waals surface area contributed by atoms with Gasteiger partial charge in [-0.1, -0.05) is 18.2 Å². The fourth-order valence-corrected chi connectivity index (χ4v) is 4.55. The average Bonchev–Trinajstić information content (AvgIpc) is 2.87. The van der Waals surface area contributed by atoms with Crippen molar-refractivity contribution in [2.24, 2.45) is 0 Å². The topological polar surface area (TPSA) is 109 Å². The Bertz CT molecular complexity index is 1180. The van der Waals surface area contributed by atoms with Crippen molar-refractivity contribution in [2.45, 2.75) is 31.5 Å². The maximum atomic E-state index is 11.5. The van der Waals surface area contributed by atoms with Gasteiger partial charge in [0.15, 0.2) is 18.2 Å². The highest BCUT2D eigenvalue weighted by atomic mass is 16.5. The van der Waals surface area contributed by atoms with E-state index in [1.54, 1.807) is 7.11 Å². The highest BCUT2D eigenvalue weighted by Crippen LogP contribution is 2.27. The monoisotopic (exact) mass is 463 g/mol. The molecule has 5 rings (SSSR count). The molecule has 9 heteroatoms. The summed E-state index contributed by atoms with van der Waals surface area (Å²) < 4.78 is 10.6. The summed E-state index contributed by atoms with van der Waals surface area (Å²) >= 11 is 0. The van der Waals surface area contributed by atoms with Gasteiger partial charge in [0.05, 0.1) is 24.4 Å². The molecule has 0 saturated carbocycles. The third kappa shape index (κ3) is 4.96. The number of carbonyl (C=O) groups excluding carboxylic acids is 1. The molecule has 1 amide bonds. The number of fused-ring (bicyclic) bond motifs is 2. The summed E-state index contributed by atoms with van der Waals surface area (Å²) in [4.78, 5) is 22.9. The summed E-state index contributed by atoms with van der Waals surface area (Å²) in [6.07, 6.45) is 1.35. The van der Waals surface area contributed by atoms with Crippen molar-refractivity contribution in [3.63, 3.8) is 0 Å². The maximum Gasteiger partial charge on any atom is 0.263 e. The van der Waals surface area contributed by atoms with Gasteiger partial charge in [-0.25, -0.2) is 9.97 Å². The van der Waals surface area contributed by atoms with Crippen molar-refractivity contribution in [3.8, 4) is 11.6 Å². The minimum Gasteiger partial charge on any atom is -0.481 e. The van der Waals surface area contributed by atoms with Crippen LogP contribution in [0, 0.1) is 0 Å². The Balaban J connectivity index is 1.14. The first-order valence-corrected chi connectivity index (χ1v) is 11.6. The Morgan fingerprint density at radius 2 is 2.06 bits per heavy atom. The number of carbonyl (C=O) groups is 1. The fourth-order valence-electron chi connectivity index (χ4n) is 4.55. The van der Waals surface area contributed by atoms with E-state index in [1.807, 2.05) is 42.5 Å². The molecule has 0 spiro atoms. The third-order valence-corrected chi connectivity index (χ3v) is 6.42. The second-order valence-electron chi connectivity index (χ2n) is 8.73. The number of aliphatic hydroxyl groups excluding tert-OH is 1. The maximum absolute atomic E-state index is 11.5. The number of aliphatic hydroxyl groups is 1. The van der Waals surface area contributed by atoms with Crippen molar-refractivity contribution in [1.29, 1.82) is 0 Å². The lowest BCUT2D eigenvalue weighted by Gasteiger charge is -2.33. The van der Waals surface area contributed by atoms with Crippen LogP contribution in [0.5, 0.6) is 11.6 Å². The number of piperidine rings is 1. The normalized spacial score (nSPS) is 17.6. The first-order valence-electron chi connectivity index (χ1n) is 11.6. The van der Waals surface area contributed by atoms with Crippen LogP contribution in [0.3, 0.4) is 0 Å². The number of ether oxygens (including phenoxy) is 2. The lowest BCUT2D eigenvalue weighted by Crippen LogP contribution is -2.43. The number of aromatic nitrogens is 2. The molecule has 34 heavy (non-hydrogen) atoms. The highest BCUT2D eigenvalue weighted by Gasteiger charge is 2.23. The van der Waals surface area contributed by atoms with E-state index in [0.29, 0.717) is 36.6 Å². The summed E-state index contributed by atoms with van der Waals surface area (Å²) in [7, 11) is 1.60. The molecule has 0 unspecified atom stereocenters. The smallest absolute Gasteiger partial charge is 0.263 e. The Morgan fingerprint density at radius 3 is 2.88 bits per heavy atom. The quantitative estimate of drug-likeness (QED) is 0.490. The van der Waals surface area contributed by atoms with Gasteiger partial charge < -0.3 is 30.1 Å². The van der Waals surface area contributed by atoms with Crippen LogP contribution in [0.4, 0.5) is 5.82 Å². The third-order valence-electron chi connectivity index (χ3n) is 6.42. The molecule has 2 aromatic heterocycles. The zero-order valence-corrected chi connectivity index (χ0v) is 19.2. The molecule has 1 fully saturated rings. The number of para-hydroxylation sites is 1. The van der Waals surface area contributed by atoms with Gasteiger partial charge in [-0.3, -0.25) is 4.79 Å². The molecule has 0 aliphatic carbocycles. The number of hydrogen-bond donors (Lipinski definition) is 3. The van der Waals surface area contributed by atoms with Crippen LogP contribution < -0.4 is 20.1 Å². The number of benzene rings is 1. The number of methoxy groups -OCH3 is 1. The number of hydrogen-bond acceptors (Lipinski definition) is 8. The van der Waals surface area contributed by atoms with Crippen LogP contribution in [0.15, 0.2) is 42.5 Å². The first kappa shape index (κ1) is 22.5. The van der Waals surface area contributed by atoms with Crippen molar-refractivity contribution >= 4 is 22.6 Å². The Morgan fingerprint density at radius 1 is 1.21 bits per heavy atom. The molecule has 1 aromatic carbocycles. The van der Waals surface area contributed by atoms with Crippen molar-refractivity contribution in [1.82, 2.24) is 20.2 Å². The highest BCUT2D eigenvalue weighted by molar-refractivity contribution is 5.94. The van der Waals surface area contributed by atoms with Crippen LogP contribution >= 0.6 is 0 Å². The zero-order chi connectivity index (χ0) is 23.5. The molecular weight excluding hydrogens is 434 g/mol. The van der Waals surface area contributed by atoms with Gasteiger partial charge in [-0.05, 0) is 44.1 Å². The van der Waals surface area contributed by atoms with Gasteiger partial charge in [0, 0.05) is 36.1 Å². The molecule has 2 aliphatic heterocycles. The standard InChI is InChI=1S/C25H29N5O4/c1-33-23-8-5-16-3-2-4-19(24(16)29-23)20(31)14-30-11-9-17(10-12-30)26-13-18-6-7-21-25(27-18)28-22(32)15-34-21/h2-8,17,20,26,31H,9-15H2,1H3,(H,27,28,32)/t20-/m1/s1. The van der Waals surface area contributed by atoms with Gasteiger partial charge in [0.1, 0.15) is 0 Å². The fraction of sp³-hybridized carbons (Fsp3) is 0.400. The Hall–Kier alpha value is -3.27. The van der Waals surface area contributed by atoms with Crippen LogP contribution in [-0.2, 0) is 11.3 Å². The van der Waals surface area contributed by atoms with E-state index >= 15 is 0 Å². The van der Waals surface area contributed by atoms with Crippen LogP contribution in [0.1, 0.15) is 30.2 Å². The molecule has 3 N–H and O–H groups in total. The van der Waals surface area contributed by atoms with E-state index in [0.717, 1.165) is 48.1 Å². The van der Waals surface area contributed by atoms with Gasteiger partial charge >= 0.3 is 0 Å². The second-order valence-corrected chi connectivity index (χ2v) is 8.73. The first-order chi connectivity index (χ1) is 16.6.